The zero-order chi connectivity index (χ0) is 26.5. The standard InChI is InChI=1S/C31H31FN4O2/c1-2-3-18-35(31(38)27-19-26(27)22-10-6-4-7-11-22)21-30(37)33-29-20-28(23-12-8-5-9-13-23)34-36(29)25-16-14-24(32)15-17-25/h4-17,20,26-27H,2-3,18-19,21H2,1H3,(H,33,37)/t26-,27-/m0/s1. The van der Waals surface area contributed by atoms with Crippen LogP contribution in [0.15, 0.2) is 91.0 Å². The van der Waals surface area contributed by atoms with Crippen molar-refractivity contribution in [1.82, 2.24) is 14.7 Å². The third-order valence-corrected chi connectivity index (χ3v) is 6.88. The van der Waals surface area contributed by atoms with Gasteiger partial charge in [0, 0.05) is 24.1 Å². The zero-order valence-electron chi connectivity index (χ0n) is 21.4. The van der Waals surface area contributed by atoms with Crippen molar-refractivity contribution >= 4 is 17.6 Å². The Kier molecular flexibility index (Phi) is 7.63. The fourth-order valence-corrected chi connectivity index (χ4v) is 4.74. The lowest BCUT2D eigenvalue weighted by atomic mass is 10.1. The maximum atomic E-state index is 13.6. The van der Waals surface area contributed by atoms with Gasteiger partial charge < -0.3 is 10.2 Å². The Morgan fingerprint density at radius 3 is 2.37 bits per heavy atom. The lowest BCUT2D eigenvalue weighted by Gasteiger charge is -2.22. The summed E-state index contributed by atoms with van der Waals surface area (Å²) in [6.45, 7) is 2.57. The van der Waals surface area contributed by atoms with E-state index in [0.29, 0.717) is 23.7 Å². The topological polar surface area (TPSA) is 67.2 Å². The molecule has 0 bridgehead atoms. The minimum absolute atomic E-state index is 0.0273. The van der Waals surface area contributed by atoms with E-state index in [2.05, 4.69) is 29.5 Å². The zero-order valence-corrected chi connectivity index (χ0v) is 21.4. The van der Waals surface area contributed by atoms with Crippen LogP contribution in [0, 0.1) is 11.7 Å². The van der Waals surface area contributed by atoms with E-state index < -0.39 is 0 Å². The molecule has 0 radical (unpaired) electrons. The number of carbonyl (C=O) groups excluding carboxylic acids is 2. The number of anilines is 1. The predicted molar refractivity (Wildman–Crippen MR) is 146 cm³/mol. The van der Waals surface area contributed by atoms with Crippen molar-refractivity contribution in [3.63, 3.8) is 0 Å². The van der Waals surface area contributed by atoms with Crippen molar-refractivity contribution in [3.8, 4) is 16.9 Å². The van der Waals surface area contributed by atoms with Crippen LogP contribution in [0.5, 0.6) is 0 Å². The van der Waals surface area contributed by atoms with Gasteiger partial charge in [0.1, 0.15) is 11.6 Å². The number of benzene rings is 3. The number of halogens is 1. The molecule has 1 saturated carbocycles. The highest BCUT2D eigenvalue weighted by Crippen LogP contribution is 2.48. The predicted octanol–water partition coefficient (Wildman–Crippen LogP) is 6.05. The molecule has 1 aliphatic rings. The monoisotopic (exact) mass is 510 g/mol. The number of hydrogen-bond donors (Lipinski definition) is 1. The molecule has 1 aliphatic carbocycles. The van der Waals surface area contributed by atoms with Crippen LogP contribution in [0.4, 0.5) is 10.2 Å². The molecule has 4 aromatic rings. The van der Waals surface area contributed by atoms with E-state index in [1.54, 1.807) is 27.8 Å². The third-order valence-electron chi connectivity index (χ3n) is 6.88. The fourth-order valence-electron chi connectivity index (χ4n) is 4.74. The van der Waals surface area contributed by atoms with Gasteiger partial charge >= 0.3 is 0 Å². The molecule has 0 saturated heterocycles. The molecular weight excluding hydrogens is 479 g/mol. The van der Waals surface area contributed by atoms with E-state index in [9.17, 15) is 14.0 Å². The molecule has 1 heterocycles. The smallest absolute Gasteiger partial charge is 0.245 e. The highest BCUT2D eigenvalue weighted by molar-refractivity contribution is 5.95. The van der Waals surface area contributed by atoms with Gasteiger partial charge in [0.05, 0.1) is 17.9 Å². The Morgan fingerprint density at radius 2 is 1.68 bits per heavy atom. The summed E-state index contributed by atoms with van der Waals surface area (Å²) in [5.74, 6) is -0.0416. The van der Waals surface area contributed by atoms with E-state index in [1.807, 2.05) is 48.5 Å². The summed E-state index contributed by atoms with van der Waals surface area (Å²) in [5, 5.41) is 7.63. The van der Waals surface area contributed by atoms with Crippen molar-refractivity contribution in [1.29, 1.82) is 0 Å². The summed E-state index contributed by atoms with van der Waals surface area (Å²) in [5.41, 5.74) is 3.35. The molecule has 2 atom stereocenters. The molecule has 0 spiro atoms. The van der Waals surface area contributed by atoms with Gasteiger partial charge in [0.15, 0.2) is 0 Å². The molecule has 5 rings (SSSR count). The first-order valence-corrected chi connectivity index (χ1v) is 13.1. The van der Waals surface area contributed by atoms with Gasteiger partial charge in [-0.2, -0.15) is 5.10 Å². The molecular formula is C31H31FN4O2. The van der Waals surface area contributed by atoms with Crippen molar-refractivity contribution in [2.75, 3.05) is 18.4 Å². The Morgan fingerprint density at radius 1 is 1.00 bits per heavy atom. The summed E-state index contributed by atoms with van der Waals surface area (Å²) in [6.07, 6.45) is 2.56. The minimum atomic E-state index is -0.353. The van der Waals surface area contributed by atoms with Crippen LogP contribution in [0.3, 0.4) is 0 Å². The van der Waals surface area contributed by atoms with Gasteiger partial charge in [0.25, 0.3) is 0 Å². The molecule has 2 amide bonds. The maximum absolute atomic E-state index is 13.6. The molecule has 1 aromatic heterocycles. The maximum Gasteiger partial charge on any atom is 0.245 e. The van der Waals surface area contributed by atoms with Crippen LogP contribution < -0.4 is 5.32 Å². The van der Waals surface area contributed by atoms with Gasteiger partial charge in [0.2, 0.25) is 11.8 Å². The van der Waals surface area contributed by atoms with Crippen molar-refractivity contribution in [3.05, 3.63) is 102 Å². The number of nitrogens with zero attached hydrogens (tertiary/aromatic N) is 3. The molecule has 194 valence electrons. The summed E-state index contributed by atoms with van der Waals surface area (Å²) in [6, 6.07) is 27.4. The molecule has 7 heteroatoms. The van der Waals surface area contributed by atoms with Gasteiger partial charge in [-0.15, -0.1) is 0 Å². The van der Waals surface area contributed by atoms with Crippen LogP contribution in [0.25, 0.3) is 16.9 Å². The molecule has 1 fully saturated rings. The van der Waals surface area contributed by atoms with Gasteiger partial charge in [-0.25, -0.2) is 9.07 Å². The molecule has 0 aliphatic heterocycles. The second-order valence-electron chi connectivity index (χ2n) is 9.69. The lowest BCUT2D eigenvalue weighted by Crippen LogP contribution is -2.40. The number of nitrogens with one attached hydrogen (secondary N) is 1. The number of hydrogen-bond acceptors (Lipinski definition) is 3. The minimum Gasteiger partial charge on any atom is -0.333 e. The lowest BCUT2D eigenvalue weighted by molar-refractivity contribution is -0.136. The highest BCUT2D eigenvalue weighted by Gasteiger charge is 2.45. The molecule has 3 aromatic carbocycles. The van der Waals surface area contributed by atoms with E-state index in [-0.39, 0.29) is 36.0 Å². The number of carbonyl (C=O) groups is 2. The number of amides is 2. The van der Waals surface area contributed by atoms with Crippen LogP contribution >= 0.6 is 0 Å². The van der Waals surface area contributed by atoms with E-state index in [0.717, 1.165) is 24.8 Å². The quantitative estimate of drug-likeness (QED) is 0.282. The summed E-state index contributed by atoms with van der Waals surface area (Å²) >= 11 is 0. The summed E-state index contributed by atoms with van der Waals surface area (Å²) in [4.78, 5) is 28.3. The number of aromatic nitrogens is 2. The Bertz CT molecular complexity index is 1390. The van der Waals surface area contributed by atoms with E-state index in [4.69, 9.17) is 0 Å². The second kappa shape index (κ2) is 11.4. The number of unbranched alkanes of at least 4 members (excludes halogenated alkanes) is 1. The van der Waals surface area contributed by atoms with E-state index >= 15 is 0 Å². The Balaban J connectivity index is 1.34. The van der Waals surface area contributed by atoms with Gasteiger partial charge in [-0.1, -0.05) is 74.0 Å². The average Bonchev–Trinajstić information content (AvgIpc) is 3.65. The van der Waals surface area contributed by atoms with E-state index in [1.165, 1.54) is 17.7 Å². The van der Waals surface area contributed by atoms with Crippen LogP contribution in [-0.4, -0.2) is 39.6 Å². The molecule has 0 unspecified atom stereocenters. The van der Waals surface area contributed by atoms with Gasteiger partial charge in [-0.05, 0) is 48.6 Å². The summed E-state index contributed by atoms with van der Waals surface area (Å²) in [7, 11) is 0. The van der Waals surface area contributed by atoms with Crippen LogP contribution in [0.2, 0.25) is 0 Å². The first-order valence-electron chi connectivity index (χ1n) is 13.1. The number of rotatable bonds is 10. The summed E-state index contributed by atoms with van der Waals surface area (Å²) < 4.78 is 15.2. The Labute approximate surface area is 222 Å². The second-order valence-corrected chi connectivity index (χ2v) is 9.69. The Hall–Kier alpha value is -4.26. The van der Waals surface area contributed by atoms with Crippen molar-refractivity contribution < 1.29 is 14.0 Å². The first kappa shape index (κ1) is 25.4. The largest absolute Gasteiger partial charge is 0.333 e. The average molecular weight is 511 g/mol. The van der Waals surface area contributed by atoms with Gasteiger partial charge in [-0.3, -0.25) is 9.59 Å². The molecule has 38 heavy (non-hydrogen) atoms. The van der Waals surface area contributed by atoms with Crippen LogP contribution in [-0.2, 0) is 9.59 Å². The van der Waals surface area contributed by atoms with Crippen LogP contribution in [0.1, 0.15) is 37.7 Å². The molecule has 6 nitrogen and oxygen atoms in total. The highest BCUT2D eigenvalue weighted by atomic mass is 19.1. The third kappa shape index (κ3) is 5.83. The normalized spacial score (nSPS) is 16.2. The SMILES string of the molecule is CCCCN(CC(=O)Nc1cc(-c2ccccc2)nn1-c1ccc(F)cc1)C(=O)[C@H]1C[C@H]1c1ccccc1. The van der Waals surface area contributed by atoms with Crippen molar-refractivity contribution in [2.45, 2.75) is 32.1 Å². The van der Waals surface area contributed by atoms with Crippen molar-refractivity contribution in [2.24, 2.45) is 5.92 Å². The molecule has 1 N–H and O–H groups in total. The fraction of sp³-hybridized carbons (Fsp3) is 0.258. The first-order chi connectivity index (χ1) is 18.5.